The van der Waals surface area contributed by atoms with Gasteiger partial charge >= 0.3 is 12.1 Å². The molecule has 3 nitrogen and oxygen atoms in total. The largest absolute Gasteiger partial charge is 0.481 e. The highest BCUT2D eigenvalue weighted by Crippen LogP contribution is 2.49. The number of alkyl halides is 3. The van der Waals surface area contributed by atoms with Crippen molar-refractivity contribution in [1.82, 2.24) is 4.90 Å². The summed E-state index contributed by atoms with van der Waals surface area (Å²) in [4.78, 5) is 12.7. The Balaban J connectivity index is 1.60. The zero-order chi connectivity index (χ0) is 15.9. The van der Waals surface area contributed by atoms with Gasteiger partial charge in [-0.15, -0.1) is 0 Å². The highest BCUT2D eigenvalue weighted by molar-refractivity contribution is 5.71. The van der Waals surface area contributed by atoms with E-state index in [1.54, 1.807) is 4.90 Å². The van der Waals surface area contributed by atoms with Gasteiger partial charge in [0.1, 0.15) is 0 Å². The molecule has 0 aromatic heterocycles. The summed E-state index contributed by atoms with van der Waals surface area (Å²) in [5.41, 5.74) is 1.22. The topological polar surface area (TPSA) is 40.5 Å². The van der Waals surface area contributed by atoms with Crippen LogP contribution in [0.4, 0.5) is 13.2 Å². The molecule has 22 heavy (non-hydrogen) atoms. The number of aliphatic carboxylic acids is 1. The molecule has 0 radical (unpaired) electrons. The fourth-order valence-corrected chi connectivity index (χ4v) is 3.51. The predicted molar refractivity (Wildman–Crippen MR) is 74.4 cm³/mol. The first-order chi connectivity index (χ1) is 10.4. The molecular weight excluding hydrogens is 295 g/mol. The fraction of sp³-hybridized carbons (Fsp3) is 0.562. The molecule has 1 saturated carbocycles. The number of benzene rings is 1. The lowest BCUT2D eigenvalue weighted by atomic mass is 9.96. The van der Waals surface area contributed by atoms with E-state index in [-0.39, 0.29) is 13.1 Å². The van der Waals surface area contributed by atoms with Crippen LogP contribution in [0.5, 0.6) is 0 Å². The zero-order valence-electron chi connectivity index (χ0n) is 12.0. The van der Waals surface area contributed by atoms with E-state index in [0.29, 0.717) is 18.4 Å². The van der Waals surface area contributed by atoms with Crippen LogP contribution >= 0.6 is 0 Å². The van der Waals surface area contributed by atoms with Gasteiger partial charge in [0, 0.05) is 19.6 Å². The van der Waals surface area contributed by atoms with Crippen LogP contribution in [0.25, 0.3) is 0 Å². The molecule has 1 N–H and O–H groups in total. The van der Waals surface area contributed by atoms with Crippen molar-refractivity contribution >= 4 is 5.97 Å². The molecule has 1 aliphatic heterocycles. The number of nitrogens with zero attached hydrogens (tertiary/aromatic N) is 1. The number of hydrogen-bond acceptors (Lipinski definition) is 2. The molecule has 0 amide bonds. The van der Waals surface area contributed by atoms with Gasteiger partial charge in [-0.2, -0.15) is 13.2 Å². The average molecular weight is 313 g/mol. The van der Waals surface area contributed by atoms with Crippen molar-refractivity contribution in [3.8, 4) is 0 Å². The zero-order valence-corrected chi connectivity index (χ0v) is 12.0. The van der Waals surface area contributed by atoms with Gasteiger partial charge in [0.15, 0.2) is 0 Å². The Labute approximate surface area is 126 Å². The molecule has 6 heteroatoms. The number of carboxylic acid groups (broad SMARTS) is 1. The maximum absolute atomic E-state index is 12.9. The first-order valence-corrected chi connectivity index (χ1v) is 7.43. The van der Waals surface area contributed by atoms with Crippen molar-refractivity contribution in [3.05, 3.63) is 35.9 Å². The SMILES string of the molecule is O=C(O)[C@@H]1CN(CC2CC2c2ccccc2)C[C@H]1C(F)(F)F. The summed E-state index contributed by atoms with van der Waals surface area (Å²) in [7, 11) is 0. The Bertz CT molecular complexity index is 546. The lowest BCUT2D eigenvalue weighted by Crippen LogP contribution is -2.33. The molecule has 2 unspecified atom stereocenters. The summed E-state index contributed by atoms with van der Waals surface area (Å²) in [5, 5.41) is 9.02. The quantitative estimate of drug-likeness (QED) is 0.929. The number of carboxylic acids is 1. The molecule has 2 aliphatic rings. The summed E-state index contributed by atoms with van der Waals surface area (Å²) >= 11 is 0. The number of halogens is 3. The highest BCUT2D eigenvalue weighted by atomic mass is 19.4. The second-order valence-electron chi connectivity index (χ2n) is 6.32. The van der Waals surface area contributed by atoms with E-state index in [1.165, 1.54) is 5.56 Å². The van der Waals surface area contributed by atoms with Crippen LogP contribution in [-0.4, -0.2) is 41.8 Å². The number of carbonyl (C=O) groups is 1. The van der Waals surface area contributed by atoms with Crippen molar-refractivity contribution in [1.29, 1.82) is 0 Å². The minimum atomic E-state index is -4.44. The molecule has 0 bridgehead atoms. The molecule has 0 spiro atoms. The van der Waals surface area contributed by atoms with Crippen molar-refractivity contribution < 1.29 is 23.1 Å². The fourth-order valence-electron chi connectivity index (χ4n) is 3.51. The number of likely N-dealkylation sites (tertiary alicyclic amines) is 1. The Morgan fingerprint density at radius 3 is 2.45 bits per heavy atom. The first-order valence-electron chi connectivity index (χ1n) is 7.43. The normalized spacial score (nSPS) is 32.1. The summed E-state index contributed by atoms with van der Waals surface area (Å²) in [6.07, 6.45) is -3.48. The highest BCUT2D eigenvalue weighted by Gasteiger charge is 2.53. The Hall–Kier alpha value is -1.56. The van der Waals surface area contributed by atoms with Crippen LogP contribution in [0, 0.1) is 17.8 Å². The van der Waals surface area contributed by atoms with E-state index in [2.05, 4.69) is 0 Å². The van der Waals surface area contributed by atoms with E-state index >= 15 is 0 Å². The number of hydrogen-bond donors (Lipinski definition) is 1. The molecule has 1 aromatic rings. The van der Waals surface area contributed by atoms with Gasteiger partial charge in [0.2, 0.25) is 0 Å². The van der Waals surface area contributed by atoms with Crippen molar-refractivity contribution in [3.63, 3.8) is 0 Å². The van der Waals surface area contributed by atoms with Crippen molar-refractivity contribution in [2.45, 2.75) is 18.5 Å². The van der Waals surface area contributed by atoms with E-state index in [1.807, 2.05) is 30.3 Å². The van der Waals surface area contributed by atoms with Crippen LogP contribution in [0.15, 0.2) is 30.3 Å². The molecule has 1 saturated heterocycles. The van der Waals surface area contributed by atoms with Crippen LogP contribution in [-0.2, 0) is 4.79 Å². The smallest absolute Gasteiger partial charge is 0.393 e. The second kappa shape index (κ2) is 5.57. The minimum absolute atomic E-state index is 0.00246. The summed E-state index contributed by atoms with van der Waals surface area (Å²) in [5.74, 6) is -3.70. The Kier molecular flexibility index (Phi) is 3.89. The maximum atomic E-state index is 12.9. The minimum Gasteiger partial charge on any atom is -0.481 e. The van der Waals surface area contributed by atoms with E-state index in [4.69, 9.17) is 5.11 Å². The Morgan fingerprint density at radius 1 is 1.23 bits per heavy atom. The van der Waals surface area contributed by atoms with Gasteiger partial charge in [-0.25, -0.2) is 0 Å². The first kappa shape index (κ1) is 15.3. The molecule has 4 atom stereocenters. The summed E-state index contributed by atoms with van der Waals surface area (Å²) < 4.78 is 38.8. The van der Waals surface area contributed by atoms with Gasteiger partial charge in [-0.3, -0.25) is 4.79 Å². The maximum Gasteiger partial charge on any atom is 0.393 e. The van der Waals surface area contributed by atoms with Gasteiger partial charge in [-0.05, 0) is 23.8 Å². The molecule has 1 aliphatic carbocycles. The van der Waals surface area contributed by atoms with Gasteiger partial charge < -0.3 is 10.0 Å². The van der Waals surface area contributed by atoms with Crippen molar-refractivity contribution in [2.75, 3.05) is 19.6 Å². The van der Waals surface area contributed by atoms with E-state index in [0.717, 1.165) is 6.42 Å². The summed E-state index contributed by atoms with van der Waals surface area (Å²) in [6, 6.07) is 9.93. The molecular formula is C16H18F3NO2. The Morgan fingerprint density at radius 2 is 1.91 bits per heavy atom. The predicted octanol–water partition coefficient (Wildman–Crippen LogP) is 2.99. The van der Waals surface area contributed by atoms with Crippen LogP contribution < -0.4 is 0 Å². The third-order valence-corrected chi connectivity index (χ3v) is 4.78. The summed E-state index contributed by atoms with van der Waals surface area (Å²) in [6.45, 7) is 0.353. The monoisotopic (exact) mass is 313 g/mol. The van der Waals surface area contributed by atoms with Crippen LogP contribution in [0.2, 0.25) is 0 Å². The second-order valence-corrected chi connectivity index (χ2v) is 6.32. The third-order valence-electron chi connectivity index (χ3n) is 4.78. The molecule has 1 heterocycles. The standard InChI is InChI=1S/C16H18F3NO2/c17-16(18,19)14-9-20(8-13(14)15(21)22)7-11-6-12(11)10-4-2-1-3-5-10/h1-5,11-14H,6-9H2,(H,21,22)/t11?,12?,13-,14-/m1/s1. The van der Waals surface area contributed by atoms with Crippen LogP contribution in [0.3, 0.4) is 0 Å². The van der Waals surface area contributed by atoms with E-state index in [9.17, 15) is 18.0 Å². The van der Waals surface area contributed by atoms with Crippen LogP contribution in [0.1, 0.15) is 17.9 Å². The molecule has 3 rings (SSSR count). The molecule has 1 aromatic carbocycles. The molecule has 2 fully saturated rings. The molecule has 120 valence electrons. The average Bonchev–Trinajstić information content (AvgIpc) is 3.06. The lowest BCUT2D eigenvalue weighted by Gasteiger charge is -2.18. The van der Waals surface area contributed by atoms with Crippen molar-refractivity contribution in [2.24, 2.45) is 17.8 Å². The van der Waals surface area contributed by atoms with Gasteiger partial charge in [0.05, 0.1) is 11.8 Å². The lowest BCUT2D eigenvalue weighted by molar-refractivity contribution is -0.188. The number of rotatable bonds is 4. The van der Waals surface area contributed by atoms with E-state index < -0.39 is 24.0 Å². The van der Waals surface area contributed by atoms with Gasteiger partial charge in [0.25, 0.3) is 0 Å². The third kappa shape index (κ3) is 3.11. The van der Waals surface area contributed by atoms with Gasteiger partial charge in [-0.1, -0.05) is 30.3 Å².